The smallest absolute Gasteiger partial charge is 0.388 e. The molecule has 0 aliphatic heterocycles. The van der Waals surface area contributed by atoms with Gasteiger partial charge in [0.2, 0.25) is 5.88 Å². The summed E-state index contributed by atoms with van der Waals surface area (Å²) in [6, 6.07) is 2.27. The van der Waals surface area contributed by atoms with Crippen LogP contribution in [0.25, 0.3) is 0 Å². The summed E-state index contributed by atoms with van der Waals surface area (Å²) in [5.74, 6) is -0.198. The van der Waals surface area contributed by atoms with Crippen LogP contribution in [-0.2, 0) is 6.54 Å². The third-order valence-corrected chi connectivity index (χ3v) is 3.26. The van der Waals surface area contributed by atoms with Crippen LogP contribution in [0.2, 0.25) is 0 Å². The van der Waals surface area contributed by atoms with E-state index in [-0.39, 0.29) is 18.5 Å². The second kappa shape index (κ2) is 7.16. The lowest BCUT2D eigenvalue weighted by Gasteiger charge is -2.17. The number of halogens is 2. The molecule has 1 fully saturated rings. The van der Waals surface area contributed by atoms with Crippen molar-refractivity contribution in [2.45, 2.75) is 44.6 Å². The van der Waals surface area contributed by atoms with E-state index in [2.05, 4.69) is 20.4 Å². The molecule has 0 radical (unpaired) electrons. The first-order valence-electron chi connectivity index (χ1n) is 6.67. The normalized spacial score (nSPS) is 21.3. The quantitative estimate of drug-likeness (QED) is 0.767. The molecule has 1 aromatic heterocycles. The zero-order valence-electron chi connectivity index (χ0n) is 11.3. The number of aliphatic hydroxyl groups is 1. The zero-order valence-corrected chi connectivity index (χ0v) is 11.3. The van der Waals surface area contributed by atoms with Crippen LogP contribution in [0, 0.1) is 0 Å². The first-order chi connectivity index (χ1) is 10.0. The predicted octanol–water partition coefficient (Wildman–Crippen LogP) is 1.40. The van der Waals surface area contributed by atoms with Gasteiger partial charge in [0.15, 0.2) is 0 Å². The van der Waals surface area contributed by atoms with Gasteiger partial charge in [0.1, 0.15) is 0 Å². The summed E-state index contributed by atoms with van der Waals surface area (Å²) >= 11 is 0. The fourth-order valence-electron chi connectivity index (χ4n) is 2.23. The average Bonchev–Trinajstić information content (AvgIpc) is 2.82. The number of carbonyl (C=O) groups is 1. The van der Waals surface area contributed by atoms with Crippen molar-refractivity contribution in [3.8, 4) is 5.88 Å². The van der Waals surface area contributed by atoms with Crippen molar-refractivity contribution in [2.24, 2.45) is 0 Å². The lowest BCUT2D eigenvalue weighted by atomic mass is 10.2. The fraction of sp³-hybridized carbons (Fsp3) is 0.538. The summed E-state index contributed by atoms with van der Waals surface area (Å²) < 4.78 is 28.3. The topological polar surface area (TPSA) is 83.5 Å². The van der Waals surface area contributed by atoms with Crippen LogP contribution in [0.3, 0.4) is 0 Å². The van der Waals surface area contributed by atoms with Gasteiger partial charge in [-0.1, -0.05) is 0 Å². The number of carbonyl (C=O) groups excluding carboxylic acids is 1. The van der Waals surface area contributed by atoms with Gasteiger partial charge in [-0.3, -0.25) is 0 Å². The molecule has 2 amide bonds. The van der Waals surface area contributed by atoms with Gasteiger partial charge in [0, 0.05) is 18.8 Å². The molecule has 3 N–H and O–H groups in total. The maximum absolute atomic E-state index is 12.1. The van der Waals surface area contributed by atoms with Crippen molar-refractivity contribution in [2.75, 3.05) is 0 Å². The van der Waals surface area contributed by atoms with Gasteiger partial charge >= 0.3 is 12.6 Å². The number of hydrogen-bond acceptors (Lipinski definition) is 4. The van der Waals surface area contributed by atoms with Crippen molar-refractivity contribution in [1.29, 1.82) is 0 Å². The number of aromatic nitrogens is 1. The number of hydrogen-bond donors (Lipinski definition) is 3. The molecule has 1 aliphatic rings. The largest absolute Gasteiger partial charge is 0.417 e. The second-order valence-electron chi connectivity index (χ2n) is 4.81. The molecule has 1 saturated carbocycles. The summed E-state index contributed by atoms with van der Waals surface area (Å²) in [5, 5.41) is 14.9. The van der Waals surface area contributed by atoms with E-state index < -0.39 is 18.7 Å². The van der Waals surface area contributed by atoms with Crippen molar-refractivity contribution < 1.29 is 23.4 Å². The Morgan fingerprint density at radius 2 is 2.33 bits per heavy atom. The van der Waals surface area contributed by atoms with Gasteiger partial charge in [-0.15, -0.1) is 0 Å². The Morgan fingerprint density at radius 1 is 1.52 bits per heavy atom. The Morgan fingerprint density at radius 3 is 3.00 bits per heavy atom. The number of nitrogens with zero attached hydrogens (tertiary/aromatic N) is 1. The van der Waals surface area contributed by atoms with Crippen molar-refractivity contribution >= 4 is 6.03 Å². The predicted molar refractivity (Wildman–Crippen MR) is 69.9 cm³/mol. The van der Waals surface area contributed by atoms with Crippen LogP contribution in [0.1, 0.15) is 24.8 Å². The lowest BCUT2D eigenvalue weighted by molar-refractivity contribution is -0.0529. The van der Waals surface area contributed by atoms with Gasteiger partial charge in [0.05, 0.1) is 12.1 Å². The van der Waals surface area contributed by atoms with E-state index in [1.165, 1.54) is 12.3 Å². The minimum absolute atomic E-state index is 0.150. The van der Waals surface area contributed by atoms with E-state index in [0.717, 1.165) is 12.8 Å². The summed E-state index contributed by atoms with van der Waals surface area (Å²) in [4.78, 5) is 15.3. The Bertz CT molecular complexity index is 487. The van der Waals surface area contributed by atoms with Crippen LogP contribution in [0.15, 0.2) is 18.3 Å². The van der Waals surface area contributed by atoms with E-state index in [1.807, 2.05) is 0 Å². The standard InChI is InChI=1S/C13H17F2N3O3/c14-12(15)21-11-6-8(4-5-16-11)7-17-13(20)18-9-2-1-3-10(9)19/h4-6,9-10,12,19H,1-3,7H2,(H2,17,18,20)/t9-,10+/m1/s1. The van der Waals surface area contributed by atoms with E-state index >= 15 is 0 Å². The summed E-state index contributed by atoms with van der Waals surface area (Å²) in [6.45, 7) is -2.79. The van der Waals surface area contributed by atoms with Gasteiger partial charge in [-0.25, -0.2) is 9.78 Å². The van der Waals surface area contributed by atoms with Gasteiger partial charge in [0.25, 0.3) is 0 Å². The SMILES string of the molecule is O=C(NCc1ccnc(OC(F)F)c1)N[C@@H]1CCC[C@@H]1O. The highest BCUT2D eigenvalue weighted by atomic mass is 19.3. The van der Waals surface area contributed by atoms with Crippen molar-refractivity contribution in [3.05, 3.63) is 23.9 Å². The van der Waals surface area contributed by atoms with Crippen molar-refractivity contribution in [1.82, 2.24) is 15.6 Å². The van der Waals surface area contributed by atoms with E-state index in [9.17, 15) is 18.7 Å². The minimum atomic E-state index is -2.94. The van der Waals surface area contributed by atoms with Gasteiger partial charge in [-0.05, 0) is 30.9 Å². The molecule has 0 bridgehead atoms. The maximum Gasteiger partial charge on any atom is 0.388 e. The minimum Gasteiger partial charge on any atom is -0.417 e. The summed E-state index contributed by atoms with van der Waals surface area (Å²) in [6.07, 6.45) is 3.13. The number of pyridine rings is 1. The van der Waals surface area contributed by atoms with Crippen LogP contribution in [0.4, 0.5) is 13.6 Å². The number of urea groups is 1. The molecule has 1 aromatic rings. The van der Waals surface area contributed by atoms with Crippen molar-refractivity contribution in [3.63, 3.8) is 0 Å². The fourth-order valence-corrected chi connectivity index (χ4v) is 2.23. The highest BCUT2D eigenvalue weighted by molar-refractivity contribution is 5.74. The Hall–Kier alpha value is -1.96. The zero-order chi connectivity index (χ0) is 15.2. The van der Waals surface area contributed by atoms with E-state index in [1.54, 1.807) is 6.07 Å². The second-order valence-corrected chi connectivity index (χ2v) is 4.81. The molecule has 2 atom stereocenters. The third kappa shape index (κ3) is 4.82. The molecule has 116 valence electrons. The molecule has 1 heterocycles. The number of nitrogens with one attached hydrogen (secondary N) is 2. The first kappa shape index (κ1) is 15.4. The molecule has 0 unspecified atom stereocenters. The molecule has 0 saturated heterocycles. The number of ether oxygens (including phenoxy) is 1. The van der Waals surface area contributed by atoms with Gasteiger partial charge < -0.3 is 20.5 Å². The summed E-state index contributed by atoms with van der Waals surface area (Å²) in [5.41, 5.74) is 0.586. The van der Waals surface area contributed by atoms with Crippen LogP contribution >= 0.6 is 0 Å². The number of aliphatic hydroxyl groups excluding tert-OH is 1. The van der Waals surface area contributed by atoms with Crippen LogP contribution in [0.5, 0.6) is 5.88 Å². The molecule has 8 heteroatoms. The highest BCUT2D eigenvalue weighted by Crippen LogP contribution is 2.18. The molecular weight excluding hydrogens is 284 g/mol. The summed E-state index contributed by atoms with van der Waals surface area (Å²) in [7, 11) is 0. The van der Waals surface area contributed by atoms with Crippen LogP contribution in [-0.4, -0.2) is 34.9 Å². The maximum atomic E-state index is 12.1. The average molecular weight is 301 g/mol. The Balaban J connectivity index is 1.80. The molecule has 0 aromatic carbocycles. The molecule has 21 heavy (non-hydrogen) atoms. The number of amides is 2. The number of rotatable bonds is 5. The molecule has 2 rings (SSSR count). The molecular formula is C13H17F2N3O3. The monoisotopic (exact) mass is 301 g/mol. The molecule has 1 aliphatic carbocycles. The lowest BCUT2D eigenvalue weighted by Crippen LogP contribution is -2.45. The Labute approximate surface area is 120 Å². The van der Waals surface area contributed by atoms with Crippen LogP contribution < -0.4 is 15.4 Å². The molecule has 6 nitrogen and oxygen atoms in total. The van der Waals surface area contributed by atoms with Gasteiger partial charge in [-0.2, -0.15) is 8.78 Å². The number of alkyl halides is 2. The molecule has 0 spiro atoms. The highest BCUT2D eigenvalue weighted by Gasteiger charge is 2.26. The Kier molecular flexibility index (Phi) is 5.26. The van der Waals surface area contributed by atoms with E-state index in [0.29, 0.717) is 12.0 Å². The van der Waals surface area contributed by atoms with E-state index in [4.69, 9.17) is 0 Å². The third-order valence-electron chi connectivity index (χ3n) is 3.26. The first-order valence-corrected chi connectivity index (χ1v) is 6.67.